The Morgan fingerprint density at radius 3 is 2.22 bits per heavy atom. The van der Waals surface area contributed by atoms with Gasteiger partial charge >= 0.3 is 12.0 Å². The van der Waals surface area contributed by atoms with E-state index in [4.69, 9.17) is 23.7 Å². The van der Waals surface area contributed by atoms with Gasteiger partial charge in [0.1, 0.15) is 32.7 Å². The molecule has 3 rings (SSSR count). The monoisotopic (exact) mass is 506 g/mol. The van der Waals surface area contributed by atoms with E-state index >= 15 is 0 Å². The molecule has 0 saturated carbocycles. The summed E-state index contributed by atoms with van der Waals surface area (Å²) < 4.78 is 25.5. The number of methoxy groups -OCH3 is 4. The number of alkyl halides is 1. The summed E-state index contributed by atoms with van der Waals surface area (Å²) in [5, 5.41) is 0.216. The minimum atomic E-state index is -1.17. The Morgan fingerprint density at radius 1 is 1.03 bits per heavy atom. The number of hydrogen-bond acceptors (Lipinski definition) is 8. The van der Waals surface area contributed by atoms with Crippen molar-refractivity contribution in [2.45, 2.75) is 17.7 Å². The van der Waals surface area contributed by atoms with Gasteiger partial charge in [-0.1, -0.05) is 22.0 Å². The van der Waals surface area contributed by atoms with Gasteiger partial charge in [0, 0.05) is 24.1 Å². The zero-order valence-corrected chi connectivity index (χ0v) is 19.9. The molecular formula is C22H23BrN2O7. The number of hydrogen-bond donors (Lipinski definition) is 1. The van der Waals surface area contributed by atoms with Gasteiger partial charge in [-0.25, -0.2) is 0 Å². The van der Waals surface area contributed by atoms with E-state index in [1.807, 2.05) is 0 Å². The van der Waals surface area contributed by atoms with Crippen molar-refractivity contribution in [3.63, 3.8) is 0 Å². The molecule has 1 N–H and O–H groups in total. The van der Waals surface area contributed by atoms with E-state index in [-0.39, 0.29) is 23.3 Å². The number of H-pyrrole nitrogens is 1. The molecule has 0 aliphatic heterocycles. The van der Waals surface area contributed by atoms with Crippen molar-refractivity contribution in [3.05, 3.63) is 46.2 Å². The molecule has 32 heavy (non-hydrogen) atoms. The molecule has 2 aromatic carbocycles. The standard InChI is InChI=1S/C22H23BrN2O7/c1-22(23,11-13-15(29-3)7-6-8-16(13)30-4)20(27)32-21-24-14-9-12(28-2)10-17(31-5)18(14)19(26)25-21/h6-10H,11H2,1-5H3,(H,24,25,26). The highest BCUT2D eigenvalue weighted by Gasteiger charge is 2.35. The summed E-state index contributed by atoms with van der Waals surface area (Å²) in [7, 11) is 5.99. The molecule has 1 heterocycles. The minimum Gasteiger partial charge on any atom is -0.497 e. The van der Waals surface area contributed by atoms with Gasteiger partial charge in [0.2, 0.25) is 0 Å². The summed E-state index contributed by atoms with van der Waals surface area (Å²) in [4.78, 5) is 32.3. The zero-order chi connectivity index (χ0) is 23.5. The molecule has 0 radical (unpaired) electrons. The molecule has 1 unspecified atom stereocenters. The largest absolute Gasteiger partial charge is 0.497 e. The topological polar surface area (TPSA) is 109 Å². The number of carbonyl (C=O) groups excluding carboxylic acids is 1. The van der Waals surface area contributed by atoms with E-state index in [1.54, 1.807) is 37.3 Å². The first-order valence-electron chi connectivity index (χ1n) is 9.51. The molecule has 1 atom stereocenters. The van der Waals surface area contributed by atoms with Crippen LogP contribution in [0.15, 0.2) is 35.1 Å². The van der Waals surface area contributed by atoms with Crippen molar-refractivity contribution < 1.29 is 28.5 Å². The number of rotatable bonds is 8. The molecule has 0 spiro atoms. The first kappa shape index (κ1) is 23.4. The third-order valence-electron chi connectivity index (χ3n) is 4.83. The molecule has 0 bridgehead atoms. The fourth-order valence-corrected chi connectivity index (χ4v) is 3.58. The lowest BCUT2D eigenvalue weighted by Crippen LogP contribution is -2.36. The third kappa shape index (κ3) is 4.64. The van der Waals surface area contributed by atoms with Crippen LogP contribution in [0.3, 0.4) is 0 Å². The predicted octanol–water partition coefficient (Wildman–Crippen LogP) is 3.26. The van der Waals surface area contributed by atoms with Gasteiger partial charge in [0.25, 0.3) is 5.56 Å². The van der Waals surface area contributed by atoms with Crippen LogP contribution in [0.5, 0.6) is 29.0 Å². The maximum Gasteiger partial charge on any atom is 0.330 e. The number of ether oxygens (including phenoxy) is 5. The highest BCUT2D eigenvalue weighted by atomic mass is 79.9. The lowest BCUT2D eigenvalue weighted by atomic mass is 9.99. The first-order chi connectivity index (χ1) is 15.2. The van der Waals surface area contributed by atoms with Gasteiger partial charge in [-0.15, -0.1) is 0 Å². The number of halogens is 1. The average Bonchev–Trinajstić information content (AvgIpc) is 2.77. The number of carbonyl (C=O) groups is 1. The van der Waals surface area contributed by atoms with Crippen molar-refractivity contribution >= 4 is 32.8 Å². The second-order valence-electron chi connectivity index (χ2n) is 7.00. The number of fused-ring (bicyclic) bond motifs is 1. The summed E-state index contributed by atoms with van der Waals surface area (Å²) in [6.45, 7) is 1.65. The summed E-state index contributed by atoms with van der Waals surface area (Å²) >= 11 is 3.44. The van der Waals surface area contributed by atoms with Gasteiger partial charge in [-0.3, -0.25) is 14.6 Å². The van der Waals surface area contributed by atoms with Crippen molar-refractivity contribution in [1.29, 1.82) is 0 Å². The van der Waals surface area contributed by atoms with E-state index in [1.165, 1.54) is 28.4 Å². The SMILES string of the molecule is COc1cc(OC)c2c(=O)[nH]c(OC(=O)C(C)(Br)Cc3c(OC)cccc3OC)nc2c1. The van der Waals surface area contributed by atoms with Gasteiger partial charge in [0.15, 0.2) is 0 Å². The molecule has 0 fully saturated rings. The summed E-state index contributed by atoms with van der Waals surface area (Å²) in [6, 6.07) is 8.21. The van der Waals surface area contributed by atoms with E-state index in [0.29, 0.717) is 28.6 Å². The van der Waals surface area contributed by atoms with Gasteiger partial charge in [0.05, 0.1) is 34.0 Å². The van der Waals surface area contributed by atoms with Crippen molar-refractivity contribution in [2.75, 3.05) is 28.4 Å². The van der Waals surface area contributed by atoms with Crippen LogP contribution >= 0.6 is 15.9 Å². The van der Waals surface area contributed by atoms with E-state index in [2.05, 4.69) is 25.9 Å². The second kappa shape index (κ2) is 9.47. The van der Waals surface area contributed by atoms with Crippen molar-refractivity contribution in [3.8, 4) is 29.0 Å². The lowest BCUT2D eigenvalue weighted by molar-refractivity contribution is -0.137. The maximum absolute atomic E-state index is 13.0. The molecular weight excluding hydrogens is 484 g/mol. The summed E-state index contributed by atoms with van der Waals surface area (Å²) in [5.41, 5.74) is 0.429. The van der Waals surface area contributed by atoms with Crippen LogP contribution in [0, 0.1) is 0 Å². The van der Waals surface area contributed by atoms with Crippen LogP contribution in [0.1, 0.15) is 12.5 Å². The Hall–Kier alpha value is -3.27. The third-order valence-corrected chi connectivity index (χ3v) is 5.44. The Bertz CT molecular complexity index is 1180. The normalized spacial score (nSPS) is 12.7. The van der Waals surface area contributed by atoms with Crippen LogP contribution in [0.2, 0.25) is 0 Å². The smallest absolute Gasteiger partial charge is 0.330 e. The predicted molar refractivity (Wildman–Crippen MR) is 122 cm³/mol. The number of benzene rings is 2. The van der Waals surface area contributed by atoms with Crippen molar-refractivity contribution in [1.82, 2.24) is 9.97 Å². The van der Waals surface area contributed by atoms with Gasteiger partial charge in [-0.2, -0.15) is 4.98 Å². The van der Waals surface area contributed by atoms with E-state index < -0.39 is 15.9 Å². The Balaban J connectivity index is 1.93. The maximum atomic E-state index is 13.0. The molecule has 0 aliphatic rings. The molecule has 0 saturated heterocycles. The fourth-order valence-electron chi connectivity index (χ4n) is 3.22. The molecule has 9 nitrogen and oxygen atoms in total. The minimum absolute atomic E-state index is 0.193. The zero-order valence-electron chi connectivity index (χ0n) is 18.3. The second-order valence-corrected chi connectivity index (χ2v) is 8.75. The number of aromatic amines is 1. The lowest BCUT2D eigenvalue weighted by Gasteiger charge is -2.22. The molecule has 3 aromatic rings. The molecule has 0 aliphatic carbocycles. The number of nitrogens with zero attached hydrogens (tertiary/aromatic N) is 1. The van der Waals surface area contributed by atoms with Crippen LogP contribution in [0.4, 0.5) is 0 Å². The van der Waals surface area contributed by atoms with E-state index in [9.17, 15) is 9.59 Å². The van der Waals surface area contributed by atoms with Crippen molar-refractivity contribution in [2.24, 2.45) is 0 Å². The summed E-state index contributed by atoms with van der Waals surface area (Å²) in [6.07, 6.45) is 0.193. The quantitative estimate of drug-likeness (QED) is 0.366. The van der Waals surface area contributed by atoms with Crippen LogP contribution < -0.4 is 29.2 Å². The average molecular weight is 507 g/mol. The highest BCUT2D eigenvalue weighted by Crippen LogP contribution is 2.35. The molecule has 10 heteroatoms. The molecule has 170 valence electrons. The van der Waals surface area contributed by atoms with E-state index in [0.717, 1.165) is 0 Å². The van der Waals surface area contributed by atoms with Gasteiger partial charge in [-0.05, 0) is 19.1 Å². The van der Waals surface area contributed by atoms with Crippen LogP contribution in [0.25, 0.3) is 10.9 Å². The Labute approximate surface area is 192 Å². The van der Waals surface area contributed by atoms with Crippen LogP contribution in [-0.4, -0.2) is 48.7 Å². The molecule has 1 aromatic heterocycles. The Kier molecular flexibility index (Phi) is 6.93. The first-order valence-corrected chi connectivity index (χ1v) is 10.3. The fraction of sp³-hybridized carbons (Fsp3) is 0.318. The molecule has 0 amide bonds. The number of aromatic nitrogens is 2. The van der Waals surface area contributed by atoms with Gasteiger partial charge < -0.3 is 23.7 Å². The summed E-state index contributed by atoms with van der Waals surface area (Å²) in [5.74, 6) is 1.21. The highest BCUT2D eigenvalue weighted by molar-refractivity contribution is 9.10. The number of nitrogens with one attached hydrogen (secondary N) is 1. The number of esters is 1. The Morgan fingerprint density at radius 2 is 1.66 bits per heavy atom. The van der Waals surface area contributed by atoms with Crippen LogP contribution in [-0.2, 0) is 11.2 Å².